The van der Waals surface area contributed by atoms with Gasteiger partial charge in [-0.2, -0.15) is 0 Å². The summed E-state index contributed by atoms with van der Waals surface area (Å²) in [4.78, 5) is 7.00. The molecule has 2 aromatic heterocycles. The Kier molecular flexibility index (Phi) is 7.05. The lowest BCUT2D eigenvalue weighted by Gasteiger charge is -2.15. The maximum Gasteiger partial charge on any atom is 0.0481 e. The quantitative estimate of drug-likeness (QED) is 0.287. The van der Waals surface area contributed by atoms with E-state index >= 15 is 0 Å². The van der Waals surface area contributed by atoms with Crippen molar-refractivity contribution >= 4 is 33.8 Å². The highest BCUT2D eigenvalue weighted by Gasteiger charge is 2.24. The number of benzene rings is 3. The number of aromatic amines is 1. The number of hydrogen-bond donors (Lipinski definition) is 2. The van der Waals surface area contributed by atoms with E-state index in [0.29, 0.717) is 5.92 Å². The van der Waals surface area contributed by atoms with E-state index < -0.39 is 0 Å². The standard InChI is InChI=1S/C20H22N2.C9H10N2S/c1-21-13-18(19-9-5-6-10-20(19)21)15-22-12-11-17(14-22)16-7-3-2-4-8-16;1-10-12-8-3-2-7-4-5-11-9(7)6-8/h2-10,13,17H,11-12,14-15H2,1H3;2-6,10-11H,1H3. The van der Waals surface area contributed by atoms with Gasteiger partial charge in [0.2, 0.25) is 0 Å². The molecule has 2 N–H and O–H groups in total. The number of hydrogen-bond acceptors (Lipinski definition) is 3. The molecule has 0 radical (unpaired) electrons. The van der Waals surface area contributed by atoms with Gasteiger partial charge >= 0.3 is 0 Å². The molecule has 5 heteroatoms. The third-order valence-electron chi connectivity index (χ3n) is 6.66. The molecule has 1 saturated heterocycles. The normalized spacial score (nSPS) is 16.1. The number of fused-ring (bicyclic) bond motifs is 2. The van der Waals surface area contributed by atoms with Crippen LogP contribution in [0.2, 0.25) is 0 Å². The van der Waals surface area contributed by atoms with Gasteiger partial charge in [-0.25, -0.2) is 0 Å². The van der Waals surface area contributed by atoms with Crippen LogP contribution < -0.4 is 4.72 Å². The summed E-state index contributed by atoms with van der Waals surface area (Å²) in [6, 6.07) is 28.1. The van der Waals surface area contributed by atoms with Crippen molar-refractivity contribution in [2.45, 2.75) is 23.8 Å². The van der Waals surface area contributed by atoms with Crippen LogP contribution in [0.1, 0.15) is 23.5 Å². The summed E-state index contributed by atoms with van der Waals surface area (Å²) in [7, 11) is 4.06. The molecule has 5 aromatic rings. The number of nitrogens with one attached hydrogen (secondary N) is 2. The predicted octanol–water partition coefficient (Wildman–Crippen LogP) is 6.56. The van der Waals surface area contributed by atoms with Crippen LogP contribution in [0.5, 0.6) is 0 Å². The summed E-state index contributed by atoms with van der Waals surface area (Å²) in [6.45, 7) is 3.43. The van der Waals surface area contributed by atoms with Gasteiger partial charge < -0.3 is 9.55 Å². The Hall–Kier alpha value is -2.99. The first kappa shape index (κ1) is 22.8. The molecular formula is C29H32N4S. The highest BCUT2D eigenvalue weighted by atomic mass is 32.2. The second-order valence-corrected chi connectivity index (χ2v) is 10.0. The number of H-pyrrole nitrogens is 1. The van der Waals surface area contributed by atoms with Crippen LogP contribution in [-0.2, 0) is 13.6 Å². The summed E-state index contributed by atoms with van der Waals surface area (Å²) < 4.78 is 5.29. The minimum atomic E-state index is 0.691. The summed E-state index contributed by atoms with van der Waals surface area (Å²) in [5.74, 6) is 0.691. The Labute approximate surface area is 206 Å². The molecule has 1 fully saturated rings. The average molecular weight is 469 g/mol. The van der Waals surface area contributed by atoms with Crippen molar-refractivity contribution in [2.24, 2.45) is 7.05 Å². The monoisotopic (exact) mass is 468 g/mol. The first-order valence-corrected chi connectivity index (χ1v) is 12.7. The van der Waals surface area contributed by atoms with Gasteiger partial charge in [0.25, 0.3) is 0 Å². The van der Waals surface area contributed by atoms with Crippen molar-refractivity contribution in [3.8, 4) is 0 Å². The Morgan fingerprint density at radius 1 is 1.00 bits per heavy atom. The predicted molar refractivity (Wildman–Crippen MR) is 145 cm³/mol. The van der Waals surface area contributed by atoms with Crippen LogP contribution in [0.4, 0.5) is 0 Å². The molecule has 0 aliphatic carbocycles. The minimum absolute atomic E-state index is 0.691. The maximum absolute atomic E-state index is 3.18. The smallest absolute Gasteiger partial charge is 0.0481 e. The van der Waals surface area contributed by atoms with E-state index in [9.17, 15) is 0 Å². The average Bonchev–Trinajstić information content (AvgIpc) is 3.60. The topological polar surface area (TPSA) is 36.0 Å². The van der Waals surface area contributed by atoms with E-state index in [1.807, 2.05) is 13.2 Å². The van der Waals surface area contributed by atoms with Crippen molar-refractivity contribution < 1.29 is 0 Å². The molecule has 1 aliphatic rings. The number of aryl methyl sites for hydroxylation is 1. The fourth-order valence-corrected chi connectivity index (χ4v) is 5.52. The molecule has 174 valence electrons. The third kappa shape index (κ3) is 5.07. The summed E-state index contributed by atoms with van der Waals surface area (Å²) >= 11 is 1.62. The Balaban J connectivity index is 0.000000169. The van der Waals surface area contributed by atoms with E-state index in [4.69, 9.17) is 0 Å². The first-order chi connectivity index (χ1) is 16.7. The van der Waals surface area contributed by atoms with Crippen molar-refractivity contribution in [2.75, 3.05) is 20.1 Å². The van der Waals surface area contributed by atoms with Gasteiger partial charge in [-0.15, -0.1) is 0 Å². The molecule has 3 aromatic carbocycles. The lowest BCUT2D eigenvalue weighted by Crippen LogP contribution is -2.19. The molecule has 34 heavy (non-hydrogen) atoms. The number of nitrogens with zero attached hydrogens (tertiary/aromatic N) is 2. The maximum atomic E-state index is 3.18. The summed E-state index contributed by atoms with van der Waals surface area (Å²) in [5.41, 5.74) is 5.46. The Morgan fingerprint density at radius 2 is 1.82 bits per heavy atom. The fourth-order valence-electron chi connectivity index (χ4n) is 4.97. The highest BCUT2D eigenvalue weighted by Crippen LogP contribution is 2.29. The second kappa shape index (κ2) is 10.5. The zero-order valence-corrected chi connectivity index (χ0v) is 20.7. The van der Waals surface area contributed by atoms with Gasteiger partial charge in [0, 0.05) is 53.8 Å². The molecule has 1 aliphatic heterocycles. The number of likely N-dealkylation sites (tertiary alicyclic amines) is 1. The van der Waals surface area contributed by atoms with E-state index in [0.717, 1.165) is 6.54 Å². The van der Waals surface area contributed by atoms with Gasteiger partial charge in [-0.3, -0.25) is 9.62 Å². The number of para-hydroxylation sites is 1. The largest absolute Gasteiger partial charge is 0.361 e. The third-order valence-corrected chi connectivity index (χ3v) is 7.36. The summed E-state index contributed by atoms with van der Waals surface area (Å²) in [5, 5.41) is 2.66. The molecule has 0 bridgehead atoms. The Morgan fingerprint density at radius 3 is 2.68 bits per heavy atom. The van der Waals surface area contributed by atoms with Crippen molar-refractivity contribution in [3.63, 3.8) is 0 Å². The van der Waals surface area contributed by atoms with Crippen molar-refractivity contribution in [1.29, 1.82) is 0 Å². The molecule has 1 unspecified atom stereocenters. The molecule has 4 nitrogen and oxygen atoms in total. The van der Waals surface area contributed by atoms with E-state index in [-0.39, 0.29) is 0 Å². The SMILES string of the molecule is CNSc1ccc2cc[nH]c2c1.Cn1cc(CN2CCC(c3ccccc3)C2)c2ccccc21. The lowest BCUT2D eigenvalue weighted by atomic mass is 9.99. The highest BCUT2D eigenvalue weighted by molar-refractivity contribution is 7.97. The first-order valence-electron chi connectivity index (χ1n) is 11.9. The van der Waals surface area contributed by atoms with E-state index in [1.54, 1.807) is 11.9 Å². The molecule has 0 saturated carbocycles. The van der Waals surface area contributed by atoms with Crippen molar-refractivity contribution in [1.82, 2.24) is 19.2 Å². The van der Waals surface area contributed by atoms with Crippen LogP contribution >= 0.6 is 11.9 Å². The zero-order chi connectivity index (χ0) is 23.3. The van der Waals surface area contributed by atoms with Crippen LogP contribution in [0.25, 0.3) is 21.8 Å². The van der Waals surface area contributed by atoms with E-state index in [1.165, 1.54) is 57.3 Å². The molecule has 3 heterocycles. The lowest BCUT2D eigenvalue weighted by molar-refractivity contribution is 0.328. The molecule has 1 atom stereocenters. The Bertz CT molecular complexity index is 1350. The van der Waals surface area contributed by atoms with Gasteiger partial charge in [0.05, 0.1) is 0 Å². The second-order valence-electron chi connectivity index (χ2n) is 8.95. The minimum Gasteiger partial charge on any atom is -0.361 e. The molecular weight excluding hydrogens is 436 g/mol. The van der Waals surface area contributed by atoms with Gasteiger partial charge in [0.1, 0.15) is 0 Å². The van der Waals surface area contributed by atoms with Crippen molar-refractivity contribution in [3.05, 3.63) is 102 Å². The van der Waals surface area contributed by atoms with Gasteiger partial charge in [0.15, 0.2) is 0 Å². The molecule has 0 amide bonds. The zero-order valence-electron chi connectivity index (χ0n) is 19.9. The number of rotatable bonds is 5. The fraction of sp³-hybridized carbons (Fsp3) is 0.241. The van der Waals surface area contributed by atoms with Crippen LogP contribution in [0, 0.1) is 0 Å². The van der Waals surface area contributed by atoms with Crippen LogP contribution in [0.15, 0.2) is 96.2 Å². The number of aromatic nitrogens is 2. The van der Waals surface area contributed by atoms with Crippen LogP contribution in [-0.4, -0.2) is 34.6 Å². The van der Waals surface area contributed by atoms with E-state index in [2.05, 4.69) is 111 Å². The van der Waals surface area contributed by atoms with Crippen LogP contribution in [0.3, 0.4) is 0 Å². The van der Waals surface area contributed by atoms with Gasteiger partial charge in [-0.05, 0) is 78.7 Å². The molecule has 6 rings (SSSR count). The molecule has 0 spiro atoms. The van der Waals surface area contributed by atoms with Gasteiger partial charge in [-0.1, -0.05) is 54.6 Å². The summed E-state index contributed by atoms with van der Waals surface area (Å²) in [6.07, 6.45) is 5.52.